The van der Waals surface area contributed by atoms with Crippen LogP contribution in [0, 0.1) is 11.3 Å². The molecule has 0 saturated carbocycles. The molecule has 3 aromatic heterocycles. The van der Waals surface area contributed by atoms with Crippen LogP contribution in [0.5, 0.6) is 5.75 Å². The number of H-pyrrole nitrogens is 1. The highest BCUT2D eigenvalue weighted by Gasteiger charge is 2.14. The summed E-state index contributed by atoms with van der Waals surface area (Å²) < 4.78 is 7.05. The van der Waals surface area contributed by atoms with Crippen molar-refractivity contribution >= 4 is 11.6 Å². The van der Waals surface area contributed by atoms with Gasteiger partial charge in [-0.1, -0.05) is 6.07 Å². The predicted molar refractivity (Wildman–Crippen MR) is 107 cm³/mol. The van der Waals surface area contributed by atoms with Crippen molar-refractivity contribution in [3.05, 3.63) is 70.4 Å². The first-order chi connectivity index (χ1) is 14.2. The Hall–Kier alpha value is -4.19. The zero-order chi connectivity index (χ0) is 20.2. The fourth-order valence-electron chi connectivity index (χ4n) is 2.97. The highest BCUT2D eigenvalue weighted by Crippen LogP contribution is 2.22. The Kier molecular flexibility index (Phi) is 4.90. The van der Waals surface area contributed by atoms with E-state index in [0.29, 0.717) is 30.0 Å². The van der Waals surface area contributed by atoms with Crippen LogP contribution in [-0.4, -0.2) is 38.2 Å². The van der Waals surface area contributed by atoms with E-state index in [1.807, 2.05) is 34.9 Å². The van der Waals surface area contributed by atoms with Gasteiger partial charge < -0.3 is 10.1 Å². The van der Waals surface area contributed by atoms with Crippen molar-refractivity contribution in [2.45, 2.75) is 6.42 Å². The Balaban J connectivity index is 1.57. The van der Waals surface area contributed by atoms with Crippen LogP contribution in [0.3, 0.4) is 0 Å². The summed E-state index contributed by atoms with van der Waals surface area (Å²) in [5.74, 6) is 1.75. The van der Waals surface area contributed by atoms with Gasteiger partial charge in [0.2, 0.25) is 5.95 Å². The van der Waals surface area contributed by atoms with Crippen LogP contribution in [0.15, 0.2) is 53.5 Å². The molecule has 0 spiro atoms. The Morgan fingerprint density at radius 1 is 1.21 bits per heavy atom. The second kappa shape index (κ2) is 7.82. The van der Waals surface area contributed by atoms with Gasteiger partial charge in [-0.25, -0.2) is 4.98 Å². The Morgan fingerprint density at radius 2 is 2.03 bits per heavy atom. The molecule has 0 saturated heterocycles. The first kappa shape index (κ1) is 18.2. The standard InChI is InChI=1S/C20H17N7O2/c1-29-14-7-5-13(6-8-14)18-15(12-21)19(28)24-20(23-18)22-10-9-17-26-25-16-4-2-3-11-27(16)17/h2-8,11H,9-10H2,1H3,(H2,22,23,24,28). The molecule has 9 heteroatoms. The number of aromatic nitrogens is 5. The van der Waals surface area contributed by atoms with Crippen LogP contribution >= 0.6 is 0 Å². The van der Waals surface area contributed by atoms with E-state index >= 15 is 0 Å². The smallest absolute Gasteiger partial charge is 0.270 e. The molecule has 0 bridgehead atoms. The third kappa shape index (κ3) is 3.64. The van der Waals surface area contributed by atoms with Crippen LogP contribution in [-0.2, 0) is 6.42 Å². The molecule has 0 fully saturated rings. The van der Waals surface area contributed by atoms with E-state index in [4.69, 9.17) is 4.74 Å². The normalized spacial score (nSPS) is 10.6. The minimum Gasteiger partial charge on any atom is -0.497 e. The van der Waals surface area contributed by atoms with E-state index < -0.39 is 5.56 Å². The van der Waals surface area contributed by atoms with Crippen molar-refractivity contribution in [2.75, 3.05) is 19.0 Å². The number of aromatic amines is 1. The lowest BCUT2D eigenvalue weighted by Gasteiger charge is -2.09. The van der Waals surface area contributed by atoms with E-state index in [-0.39, 0.29) is 11.5 Å². The summed E-state index contributed by atoms with van der Waals surface area (Å²) in [5, 5.41) is 20.8. The van der Waals surface area contributed by atoms with E-state index in [1.165, 1.54) is 0 Å². The summed E-state index contributed by atoms with van der Waals surface area (Å²) in [5.41, 5.74) is 1.20. The number of nitriles is 1. The van der Waals surface area contributed by atoms with Gasteiger partial charge in [-0.15, -0.1) is 10.2 Å². The minimum absolute atomic E-state index is 0.0378. The van der Waals surface area contributed by atoms with Gasteiger partial charge in [0.05, 0.1) is 12.8 Å². The molecular formula is C20H17N7O2. The van der Waals surface area contributed by atoms with Gasteiger partial charge in [-0.05, 0) is 36.4 Å². The number of benzene rings is 1. The third-order valence-corrected chi connectivity index (χ3v) is 4.42. The van der Waals surface area contributed by atoms with Crippen molar-refractivity contribution in [2.24, 2.45) is 0 Å². The maximum Gasteiger partial charge on any atom is 0.270 e. The van der Waals surface area contributed by atoms with Gasteiger partial charge >= 0.3 is 0 Å². The molecule has 4 rings (SSSR count). The van der Waals surface area contributed by atoms with E-state index in [1.54, 1.807) is 31.4 Å². The van der Waals surface area contributed by atoms with E-state index in [2.05, 4.69) is 25.5 Å². The van der Waals surface area contributed by atoms with Crippen LogP contribution in [0.4, 0.5) is 5.95 Å². The van der Waals surface area contributed by atoms with Crippen molar-refractivity contribution < 1.29 is 4.74 Å². The highest BCUT2D eigenvalue weighted by molar-refractivity contribution is 5.67. The number of nitrogens with one attached hydrogen (secondary N) is 2. The molecule has 0 unspecified atom stereocenters. The third-order valence-electron chi connectivity index (χ3n) is 4.42. The van der Waals surface area contributed by atoms with Crippen molar-refractivity contribution in [3.63, 3.8) is 0 Å². The van der Waals surface area contributed by atoms with Gasteiger partial charge in [0.25, 0.3) is 5.56 Å². The molecule has 0 radical (unpaired) electrons. The van der Waals surface area contributed by atoms with Crippen molar-refractivity contribution in [1.82, 2.24) is 24.6 Å². The molecular weight excluding hydrogens is 370 g/mol. The highest BCUT2D eigenvalue weighted by atomic mass is 16.5. The van der Waals surface area contributed by atoms with Crippen LogP contribution in [0.1, 0.15) is 11.4 Å². The lowest BCUT2D eigenvalue weighted by Crippen LogP contribution is -2.18. The SMILES string of the molecule is COc1ccc(-c2nc(NCCc3nnc4ccccn34)[nH]c(=O)c2C#N)cc1. The summed E-state index contributed by atoms with van der Waals surface area (Å²) in [7, 11) is 1.57. The van der Waals surface area contributed by atoms with Crippen LogP contribution < -0.4 is 15.6 Å². The fraction of sp³-hybridized carbons (Fsp3) is 0.150. The van der Waals surface area contributed by atoms with Crippen molar-refractivity contribution in [1.29, 1.82) is 5.26 Å². The number of nitrogens with zero attached hydrogens (tertiary/aromatic N) is 5. The zero-order valence-corrected chi connectivity index (χ0v) is 15.6. The quantitative estimate of drug-likeness (QED) is 0.519. The predicted octanol–water partition coefficient (Wildman–Crippen LogP) is 2.01. The van der Waals surface area contributed by atoms with Gasteiger partial charge in [0, 0.05) is 24.7 Å². The summed E-state index contributed by atoms with van der Waals surface area (Å²) in [6.45, 7) is 0.479. The molecule has 0 atom stereocenters. The molecule has 144 valence electrons. The topological polar surface area (TPSA) is 121 Å². The number of hydrogen-bond donors (Lipinski definition) is 2. The molecule has 29 heavy (non-hydrogen) atoms. The Bertz CT molecular complexity index is 1250. The summed E-state index contributed by atoms with van der Waals surface area (Å²) in [6, 6.07) is 14.6. The average Bonchev–Trinajstić information content (AvgIpc) is 3.17. The number of hydrogen-bond acceptors (Lipinski definition) is 7. The summed E-state index contributed by atoms with van der Waals surface area (Å²) >= 11 is 0. The molecule has 3 heterocycles. The average molecular weight is 387 g/mol. The lowest BCUT2D eigenvalue weighted by atomic mass is 10.1. The molecule has 0 aliphatic rings. The molecule has 1 aromatic carbocycles. The van der Waals surface area contributed by atoms with Crippen LogP contribution in [0.25, 0.3) is 16.9 Å². The lowest BCUT2D eigenvalue weighted by molar-refractivity contribution is 0.415. The molecule has 0 amide bonds. The van der Waals surface area contributed by atoms with Crippen LogP contribution in [0.2, 0.25) is 0 Å². The van der Waals surface area contributed by atoms with Gasteiger partial charge in [0.1, 0.15) is 23.2 Å². The first-order valence-corrected chi connectivity index (χ1v) is 8.91. The summed E-state index contributed by atoms with van der Waals surface area (Å²) in [4.78, 5) is 19.4. The van der Waals surface area contributed by atoms with E-state index in [9.17, 15) is 10.1 Å². The van der Waals surface area contributed by atoms with E-state index in [0.717, 1.165) is 11.5 Å². The first-order valence-electron chi connectivity index (χ1n) is 8.91. The summed E-state index contributed by atoms with van der Waals surface area (Å²) in [6.07, 6.45) is 2.47. The second-order valence-electron chi connectivity index (χ2n) is 6.20. The monoisotopic (exact) mass is 387 g/mol. The number of fused-ring (bicyclic) bond motifs is 1. The Labute approximate surface area is 165 Å². The number of ether oxygens (including phenoxy) is 1. The van der Waals surface area contributed by atoms with Gasteiger partial charge in [-0.2, -0.15) is 5.26 Å². The minimum atomic E-state index is -0.497. The molecule has 0 aliphatic heterocycles. The Morgan fingerprint density at radius 3 is 2.79 bits per heavy atom. The number of pyridine rings is 1. The molecule has 4 aromatic rings. The maximum atomic E-state index is 12.3. The maximum absolute atomic E-state index is 12.3. The zero-order valence-electron chi connectivity index (χ0n) is 15.6. The number of anilines is 1. The number of rotatable bonds is 6. The second-order valence-corrected chi connectivity index (χ2v) is 6.20. The largest absolute Gasteiger partial charge is 0.497 e. The van der Waals surface area contributed by atoms with Gasteiger partial charge in [-0.3, -0.25) is 14.2 Å². The molecule has 0 aliphatic carbocycles. The van der Waals surface area contributed by atoms with Gasteiger partial charge in [0.15, 0.2) is 5.65 Å². The fourth-order valence-corrected chi connectivity index (χ4v) is 2.97. The number of methoxy groups -OCH3 is 1. The van der Waals surface area contributed by atoms with Crippen molar-refractivity contribution in [3.8, 4) is 23.1 Å². The molecule has 2 N–H and O–H groups in total. The molecule has 9 nitrogen and oxygen atoms in total.